The monoisotopic (exact) mass is 331 g/mol. The van der Waals surface area contributed by atoms with Gasteiger partial charge in [-0.05, 0) is 38.5 Å². The second kappa shape index (κ2) is 6.58. The van der Waals surface area contributed by atoms with Gasteiger partial charge in [-0.1, -0.05) is 30.0 Å². The third-order valence-electron chi connectivity index (χ3n) is 3.60. The molecule has 0 radical (unpaired) electrons. The minimum atomic E-state index is -0.193. The van der Waals surface area contributed by atoms with Crippen molar-refractivity contribution in [3.8, 4) is 11.4 Å². The number of hydrogen-bond acceptors (Lipinski definition) is 4. The summed E-state index contributed by atoms with van der Waals surface area (Å²) in [4.78, 5) is 0. The Labute approximate surface area is 138 Å². The van der Waals surface area contributed by atoms with E-state index in [1.807, 2.05) is 19.1 Å². The molecule has 1 aromatic carbocycles. The van der Waals surface area contributed by atoms with E-state index in [2.05, 4.69) is 28.6 Å². The van der Waals surface area contributed by atoms with E-state index in [1.165, 1.54) is 17.8 Å². The molecule has 0 unspecified atom stereocenters. The minimum absolute atomic E-state index is 0.192. The Morgan fingerprint density at radius 2 is 2.00 bits per heavy atom. The second-order valence-electron chi connectivity index (χ2n) is 5.54. The van der Waals surface area contributed by atoms with Crippen LogP contribution in [0.1, 0.15) is 31.2 Å². The van der Waals surface area contributed by atoms with Gasteiger partial charge in [0.1, 0.15) is 11.6 Å². The maximum atomic E-state index is 13.8. The zero-order chi connectivity index (χ0) is 16.4. The molecule has 0 bridgehead atoms. The number of aromatic nitrogens is 3. The molecule has 0 spiro atoms. The molecule has 0 atom stereocenters. The first kappa shape index (κ1) is 15.8. The number of aryl methyl sites for hydroxylation is 1. The number of nitrogens with zero attached hydrogens (tertiary/aromatic N) is 3. The summed E-state index contributed by atoms with van der Waals surface area (Å²) in [5.41, 5.74) is 1.60. The zero-order valence-corrected chi connectivity index (χ0v) is 14.1. The van der Waals surface area contributed by atoms with Crippen LogP contribution in [0.25, 0.3) is 11.4 Å². The van der Waals surface area contributed by atoms with Crippen molar-refractivity contribution in [2.24, 2.45) is 0 Å². The van der Waals surface area contributed by atoms with Crippen LogP contribution < -0.4 is 0 Å². The van der Waals surface area contributed by atoms with Gasteiger partial charge in [-0.15, -0.1) is 10.2 Å². The number of thioether (sulfide) groups is 1. The number of rotatable bonds is 5. The minimum Gasteiger partial charge on any atom is -0.469 e. The van der Waals surface area contributed by atoms with E-state index >= 15 is 0 Å². The number of benzene rings is 1. The average molecular weight is 331 g/mol. The highest BCUT2D eigenvalue weighted by molar-refractivity contribution is 7.98. The summed E-state index contributed by atoms with van der Waals surface area (Å²) in [7, 11) is 0. The van der Waals surface area contributed by atoms with E-state index in [4.69, 9.17) is 4.42 Å². The van der Waals surface area contributed by atoms with Crippen LogP contribution >= 0.6 is 11.8 Å². The first-order valence-electron chi connectivity index (χ1n) is 7.43. The van der Waals surface area contributed by atoms with Gasteiger partial charge in [0.25, 0.3) is 0 Å². The zero-order valence-electron chi connectivity index (χ0n) is 13.3. The fourth-order valence-electron chi connectivity index (χ4n) is 2.40. The summed E-state index contributed by atoms with van der Waals surface area (Å²) < 4.78 is 21.2. The van der Waals surface area contributed by atoms with Crippen molar-refractivity contribution >= 4 is 11.8 Å². The Morgan fingerprint density at radius 1 is 1.22 bits per heavy atom. The second-order valence-corrected chi connectivity index (χ2v) is 6.48. The largest absolute Gasteiger partial charge is 0.469 e. The maximum absolute atomic E-state index is 13.8. The third-order valence-corrected chi connectivity index (χ3v) is 4.59. The standard InChI is InChI=1S/C17H18FN3OS/c1-11(2)21-16(14-8-9-22-12(14)3)19-20-17(21)23-10-13-6-4-5-7-15(13)18/h4-9,11H,10H2,1-3H3. The molecular weight excluding hydrogens is 313 g/mol. The molecule has 3 rings (SSSR count). The summed E-state index contributed by atoms with van der Waals surface area (Å²) in [6, 6.07) is 8.89. The number of furan rings is 1. The lowest BCUT2D eigenvalue weighted by Gasteiger charge is -2.13. The van der Waals surface area contributed by atoms with Gasteiger partial charge in [-0.25, -0.2) is 4.39 Å². The van der Waals surface area contributed by atoms with Gasteiger partial charge in [-0.2, -0.15) is 0 Å². The van der Waals surface area contributed by atoms with E-state index in [0.717, 1.165) is 22.3 Å². The van der Waals surface area contributed by atoms with Crippen LogP contribution in [-0.2, 0) is 5.75 Å². The molecule has 120 valence electrons. The molecule has 0 fully saturated rings. The topological polar surface area (TPSA) is 43.9 Å². The van der Waals surface area contributed by atoms with Crippen molar-refractivity contribution in [3.05, 3.63) is 53.7 Å². The fraction of sp³-hybridized carbons (Fsp3) is 0.294. The normalized spacial score (nSPS) is 11.3. The third kappa shape index (κ3) is 3.17. The lowest BCUT2D eigenvalue weighted by molar-refractivity contribution is 0.531. The van der Waals surface area contributed by atoms with E-state index in [0.29, 0.717) is 11.3 Å². The molecule has 0 aliphatic heterocycles. The van der Waals surface area contributed by atoms with Gasteiger partial charge in [-0.3, -0.25) is 4.57 Å². The Bertz CT molecular complexity index is 810. The van der Waals surface area contributed by atoms with Crippen molar-refractivity contribution in [3.63, 3.8) is 0 Å². The van der Waals surface area contributed by atoms with E-state index < -0.39 is 0 Å². The predicted octanol–water partition coefficient (Wildman–Crippen LogP) is 4.86. The Morgan fingerprint density at radius 3 is 2.65 bits per heavy atom. The first-order valence-corrected chi connectivity index (χ1v) is 8.42. The van der Waals surface area contributed by atoms with Gasteiger partial charge >= 0.3 is 0 Å². The average Bonchev–Trinajstić information content (AvgIpc) is 3.12. The van der Waals surface area contributed by atoms with Gasteiger partial charge in [0.05, 0.1) is 11.8 Å². The highest BCUT2D eigenvalue weighted by Crippen LogP contribution is 2.31. The van der Waals surface area contributed by atoms with Gasteiger partial charge < -0.3 is 4.42 Å². The van der Waals surface area contributed by atoms with Crippen LogP contribution in [0.5, 0.6) is 0 Å². The highest BCUT2D eigenvalue weighted by atomic mass is 32.2. The molecular formula is C17H18FN3OS. The highest BCUT2D eigenvalue weighted by Gasteiger charge is 2.19. The van der Waals surface area contributed by atoms with Crippen LogP contribution in [0.3, 0.4) is 0 Å². The number of hydrogen-bond donors (Lipinski definition) is 0. The van der Waals surface area contributed by atoms with Crippen LogP contribution in [0.4, 0.5) is 4.39 Å². The SMILES string of the molecule is Cc1occc1-c1nnc(SCc2ccccc2F)n1C(C)C. The number of halogens is 1. The molecule has 23 heavy (non-hydrogen) atoms. The summed E-state index contributed by atoms with van der Waals surface area (Å²) in [6.45, 7) is 6.06. The lowest BCUT2D eigenvalue weighted by Crippen LogP contribution is -2.05. The predicted molar refractivity (Wildman–Crippen MR) is 88.8 cm³/mol. The van der Waals surface area contributed by atoms with Crippen molar-refractivity contribution in [1.82, 2.24) is 14.8 Å². The quantitative estimate of drug-likeness (QED) is 0.626. The van der Waals surface area contributed by atoms with Crippen molar-refractivity contribution in [1.29, 1.82) is 0 Å². The molecule has 3 aromatic rings. The Balaban J connectivity index is 1.90. The van der Waals surface area contributed by atoms with Gasteiger partial charge in [0, 0.05) is 11.8 Å². The van der Waals surface area contributed by atoms with Crippen LogP contribution in [-0.4, -0.2) is 14.8 Å². The summed E-state index contributed by atoms with van der Waals surface area (Å²) >= 11 is 1.49. The first-order chi connectivity index (χ1) is 11.1. The van der Waals surface area contributed by atoms with E-state index in [1.54, 1.807) is 18.4 Å². The van der Waals surface area contributed by atoms with Crippen LogP contribution in [0, 0.1) is 12.7 Å². The Hall–Kier alpha value is -2.08. The lowest BCUT2D eigenvalue weighted by atomic mass is 10.2. The molecule has 0 saturated heterocycles. The molecule has 0 amide bonds. The molecule has 0 aliphatic carbocycles. The molecule has 4 nitrogen and oxygen atoms in total. The molecule has 0 N–H and O–H groups in total. The van der Waals surface area contributed by atoms with Crippen molar-refractivity contribution < 1.29 is 8.81 Å². The van der Waals surface area contributed by atoms with Crippen LogP contribution in [0.2, 0.25) is 0 Å². The molecule has 0 aliphatic rings. The summed E-state index contributed by atoms with van der Waals surface area (Å²) in [5, 5.41) is 9.38. The van der Waals surface area contributed by atoms with Crippen molar-refractivity contribution in [2.75, 3.05) is 0 Å². The van der Waals surface area contributed by atoms with Gasteiger partial charge in [0.15, 0.2) is 11.0 Å². The molecule has 2 heterocycles. The van der Waals surface area contributed by atoms with E-state index in [9.17, 15) is 4.39 Å². The summed E-state index contributed by atoms with van der Waals surface area (Å²) in [5.74, 6) is 1.91. The molecule has 0 saturated carbocycles. The Kier molecular flexibility index (Phi) is 4.52. The smallest absolute Gasteiger partial charge is 0.192 e. The van der Waals surface area contributed by atoms with Crippen LogP contribution in [0.15, 0.2) is 46.2 Å². The fourth-order valence-corrected chi connectivity index (χ4v) is 3.45. The van der Waals surface area contributed by atoms with E-state index in [-0.39, 0.29) is 11.9 Å². The molecule has 6 heteroatoms. The van der Waals surface area contributed by atoms with Crippen molar-refractivity contribution in [2.45, 2.75) is 37.7 Å². The maximum Gasteiger partial charge on any atom is 0.192 e. The van der Waals surface area contributed by atoms with Gasteiger partial charge in [0.2, 0.25) is 0 Å². The summed E-state index contributed by atoms with van der Waals surface area (Å²) in [6.07, 6.45) is 1.65. The molecule has 2 aromatic heterocycles.